The van der Waals surface area contributed by atoms with Crippen molar-refractivity contribution in [2.24, 2.45) is 0 Å². The first-order chi connectivity index (χ1) is 8.22. The van der Waals surface area contributed by atoms with Gasteiger partial charge in [0.25, 0.3) is 0 Å². The average molecular weight is 255 g/mol. The molecule has 0 spiro atoms. The summed E-state index contributed by atoms with van der Waals surface area (Å²) >= 11 is 1.81. The van der Waals surface area contributed by atoms with Crippen LogP contribution in [0.3, 0.4) is 0 Å². The fourth-order valence-electron chi connectivity index (χ4n) is 1.76. The van der Waals surface area contributed by atoms with Gasteiger partial charge in [0.1, 0.15) is 0 Å². The highest BCUT2D eigenvalue weighted by atomic mass is 32.1. The van der Waals surface area contributed by atoms with Crippen molar-refractivity contribution >= 4 is 16.5 Å². The molecular weight excluding hydrogens is 230 g/mol. The molecular formula is C13H25N3S. The number of aromatic nitrogens is 1. The number of thiazole rings is 1. The van der Waals surface area contributed by atoms with Crippen LogP contribution in [0.2, 0.25) is 0 Å². The first-order valence-corrected chi connectivity index (χ1v) is 7.46. The van der Waals surface area contributed by atoms with Gasteiger partial charge in [-0.25, -0.2) is 4.98 Å². The van der Waals surface area contributed by atoms with Gasteiger partial charge in [-0.1, -0.05) is 13.8 Å². The molecule has 0 fully saturated rings. The van der Waals surface area contributed by atoms with Gasteiger partial charge in [0.15, 0.2) is 5.13 Å². The molecule has 0 aliphatic carbocycles. The summed E-state index contributed by atoms with van der Waals surface area (Å²) in [6, 6.07) is 0.572. The Hall–Kier alpha value is -0.610. The van der Waals surface area contributed by atoms with Gasteiger partial charge in [0.2, 0.25) is 0 Å². The molecule has 1 rings (SSSR count). The standard InChI is InChI=1S/C13H25N3S/c1-5-8-14-9-12-10-15-13(17-12)16(7-3)11(4)6-2/h10-11,14H,5-9H2,1-4H3. The van der Waals surface area contributed by atoms with Crippen molar-refractivity contribution in [1.82, 2.24) is 10.3 Å². The molecule has 1 N–H and O–H groups in total. The molecule has 0 saturated carbocycles. The van der Waals surface area contributed by atoms with Gasteiger partial charge >= 0.3 is 0 Å². The smallest absolute Gasteiger partial charge is 0.185 e. The van der Waals surface area contributed by atoms with Crippen LogP contribution in [0, 0.1) is 0 Å². The summed E-state index contributed by atoms with van der Waals surface area (Å²) < 4.78 is 0. The Labute approximate surface area is 109 Å². The van der Waals surface area contributed by atoms with Crippen LogP contribution in [0.5, 0.6) is 0 Å². The minimum atomic E-state index is 0.572. The number of hydrogen-bond donors (Lipinski definition) is 1. The lowest BCUT2D eigenvalue weighted by Gasteiger charge is -2.26. The lowest BCUT2D eigenvalue weighted by molar-refractivity contribution is 0.628. The Balaban J connectivity index is 2.58. The van der Waals surface area contributed by atoms with Crippen LogP contribution in [0.15, 0.2) is 6.20 Å². The topological polar surface area (TPSA) is 28.2 Å². The Kier molecular flexibility index (Phi) is 6.52. The first-order valence-electron chi connectivity index (χ1n) is 6.64. The lowest BCUT2D eigenvalue weighted by atomic mass is 10.2. The Morgan fingerprint density at radius 3 is 2.76 bits per heavy atom. The van der Waals surface area contributed by atoms with E-state index in [-0.39, 0.29) is 0 Å². The normalized spacial score (nSPS) is 12.7. The summed E-state index contributed by atoms with van der Waals surface area (Å²) in [4.78, 5) is 8.25. The van der Waals surface area contributed by atoms with Crippen LogP contribution in [0.4, 0.5) is 5.13 Å². The SMILES string of the molecule is CCCNCc1cnc(N(CC)C(C)CC)s1. The molecule has 1 atom stereocenters. The van der Waals surface area contributed by atoms with Crippen molar-refractivity contribution < 1.29 is 0 Å². The van der Waals surface area contributed by atoms with Crippen molar-refractivity contribution in [2.45, 2.75) is 53.1 Å². The molecule has 1 unspecified atom stereocenters. The van der Waals surface area contributed by atoms with E-state index in [1.165, 1.54) is 11.3 Å². The number of rotatable bonds is 8. The fourth-order valence-corrected chi connectivity index (χ4v) is 2.80. The van der Waals surface area contributed by atoms with Crippen molar-refractivity contribution in [3.8, 4) is 0 Å². The van der Waals surface area contributed by atoms with Crippen LogP contribution < -0.4 is 10.2 Å². The van der Waals surface area contributed by atoms with Crippen LogP contribution in [0.25, 0.3) is 0 Å². The van der Waals surface area contributed by atoms with Crippen LogP contribution in [-0.4, -0.2) is 24.1 Å². The maximum atomic E-state index is 4.54. The molecule has 0 saturated heterocycles. The molecule has 0 bridgehead atoms. The summed E-state index contributed by atoms with van der Waals surface area (Å²) in [5, 5.41) is 4.58. The van der Waals surface area contributed by atoms with E-state index in [0.717, 1.165) is 31.2 Å². The zero-order valence-corrected chi connectivity index (χ0v) is 12.3. The van der Waals surface area contributed by atoms with E-state index in [4.69, 9.17) is 0 Å². The summed E-state index contributed by atoms with van der Waals surface area (Å²) in [6.07, 6.45) is 4.35. The predicted octanol–water partition coefficient (Wildman–Crippen LogP) is 3.27. The highest BCUT2D eigenvalue weighted by molar-refractivity contribution is 7.15. The molecule has 0 aliphatic heterocycles. The fraction of sp³-hybridized carbons (Fsp3) is 0.769. The van der Waals surface area contributed by atoms with Crippen molar-refractivity contribution in [1.29, 1.82) is 0 Å². The summed E-state index contributed by atoms with van der Waals surface area (Å²) in [7, 11) is 0. The van der Waals surface area contributed by atoms with Crippen molar-refractivity contribution in [3.63, 3.8) is 0 Å². The predicted molar refractivity (Wildman–Crippen MR) is 76.9 cm³/mol. The number of nitrogens with one attached hydrogen (secondary N) is 1. The molecule has 1 aromatic heterocycles. The molecule has 0 aliphatic rings. The molecule has 0 aromatic carbocycles. The minimum Gasteiger partial charge on any atom is -0.346 e. The largest absolute Gasteiger partial charge is 0.346 e. The molecule has 1 heterocycles. The van der Waals surface area contributed by atoms with Crippen LogP contribution in [-0.2, 0) is 6.54 Å². The average Bonchev–Trinajstić information content (AvgIpc) is 2.79. The van der Waals surface area contributed by atoms with E-state index in [0.29, 0.717) is 6.04 Å². The maximum absolute atomic E-state index is 4.54. The second-order valence-electron chi connectivity index (χ2n) is 4.33. The van der Waals surface area contributed by atoms with Crippen LogP contribution in [0.1, 0.15) is 45.4 Å². The number of nitrogens with zero attached hydrogens (tertiary/aromatic N) is 2. The molecule has 98 valence electrons. The third-order valence-corrected chi connectivity index (χ3v) is 4.01. The Morgan fingerprint density at radius 2 is 2.18 bits per heavy atom. The molecule has 3 nitrogen and oxygen atoms in total. The molecule has 4 heteroatoms. The second kappa shape index (κ2) is 7.67. The number of hydrogen-bond acceptors (Lipinski definition) is 4. The van der Waals surface area contributed by atoms with Gasteiger partial charge in [-0.15, -0.1) is 11.3 Å². The van der Waals surface area contributed by atoms with Gasteiger partial charge in [-0.3, -0.25) is 0 Å². The summed E-state index contributed by atoms with van der Waals surface area (Å²) in [5.41, 5.74) is 0. The van der Waals surface area contributed by atoms with E-state index in [1.54, 1.807) is 0 Å². The van der Waals surface area contributed by atoms with Gasteiger partial charge in [0, 0.05) is 30.2 Å². The van der Waals surface area contributed by atoms with Gasteiger partial charge in [0.05, 0.1) is 0 Å². The highest BCUT2D eigenvalue weighted by Gasteiger charge is 2.14. The molecule has 0 amide bonds. The zero-order valence-electron chi connectivity index (χ0n) is 11.5. The summed E-state index contributed by atoms with van der Waals surface area (Å²) in [5.74, 6) is 0. The van der Waals surface area contributed by atoms with E-state index in [1.807, 2.05) is 17.5 Å². The second-order valence-corrected chi connectivity index (χ2v) is 5.42. The van der Waals surface area contributed by atoms with E-state index >= 15 is 0 Å². The van der Waals surface area contributed by atoms with Gasteiger partial charge in [-0.05, 0) is 33.2 Å². The third kappa shape index (κ3) is 4.28. The third-order valence-electron chi connectivity index (χ3n) is 2.98. The van der Waals surface area contributed by atoms with E-state index in [2.05, 4.69) is 42.9 Å². The van der Waals surface area contributed by atoms with Gasteiger partial charge < -0.3 is 10.2 Å². The van der Waals surface area contributed by atoms with Gasteiger partial charge in [-0.2, -0.15) is 0 Å². The van der Waals surface area contributed by atoms with E-state index in [9.17, 15) is 0 Å². The number of anilines is 1. The molecule has 1 aromatic rings. The Bertz CT molecular complexity index is 311. The van der Waals surface area contributed by atoms with Crippen molar-refractivity contribution in [3.05, 3.63) is 11.1 Å². The molecule has 0 radical (unpaired) electrons. The highest BCUT2D eigenvalue weighted by Crippen LogP contribution is 2.24. The van der Waals surface area contributed by atoms with Crippen LogP contribution >= 0.6 is 11.3 Å². The Morgan fingerprint density at radius 1 is 1.41 bits per heavy atom. The minimum absolute atomic E-state index is 0.572. The molecule has 17 heavy (non-hydrogen) atoms. The monoisotopic (exact) mass is 255 g/mol. The summed E-state index contributed by atoms with van der Waals surface area (Å²) in [6.45, 7) is 11.9. The lowest BCUT2D eigenvalue weighted by Crippen LogP contribution is -2.32. The first kappa shape index (κ1) is 14.5. The zero-order chi connectivity index (χ0) is 12.7. The van der Waals surface area contributed by atoms with Crippen molar-refractivity contribution in [2.75, 3.05) is 18.0 Å². The maximum Gasteiger partial charge on any atom is 0.185 e. The van der Waals surface area contributed by atoms with E-state index < -0.39 is 0 Å². The quantitative estimate of drug-likeness (QED) is 0.723.